The number of carbonyl (C=O) groups excluding carboxylic acids is 1. The van der Waals surface area contributed by atoms with Crippen LogP contribution in [0.2, 0.25) is 0 Å². The smallest absolute Gasteiger partial charge is 0.231 e. The molecule has 0 fully saturated rings. The fraction of sp³-hybridized carbons (Fsp3) is 0.235. The van der Waals surface area contributed by atoms with Crippen molar-refractivity contribution >= 4 is 5.91 Å². The normalized spacial score (nSPS) is 15.8. The van der Waals surface area contributed by atoms with Gasteiger partial charge in [-0.2, -0.15) is 0 Å². The minimum atomic E-state index is -0.445. The standard InChI is InChI=1S/C17H17NO/c1-18-16(19)17(15-9-3-2-4-10-15)11-13-7-5-6-8-14(13)12-17/h2-10H,11-12H2,1H3,(H,18,19). The maximum Gasteiger partial charge on any atom is 0.231 e. The van der Waals surface area contributed by atoms with Crippen molar-refractivity contribution in [3.8, 4) is 0 Å². The Bertz CT molecular complexity index is 579. The third-order valence-electron chi connectivity index (χ3n) is 4.09. The van der Waals surface area contributed by atoms with E-state index in [1.807, 2.05) is 30.3 Å². The molecule has 19 heavy (non-hydrogen) atoms. The van der Waals surface area contributed by atoms with Gasteiger partial charge in [0.15, 0.2) is 0 Å². The van der Waals surface area contributed by atoms with E-state index in [1.54, 1.807) is 7.05 Å². The van der Waals surface area contributed by atoms with E-state index in [-0.39, 0.29) is 5.91 Å². The summed E-state index contributed by atoms with van der Waals surface area (Å²) in [6.45, 7) is 0. The first kappa shape index (κ1) is 12.0. The summed E-state index contributed by atoms with van der Waals surface area (Å²) in [5.74, 6) is 0.106. The third-order valence-corrected chi connectivity index (χ3v) is 4.09. The van der Waals surface area contributed by atoms with Crippen molar-refractivity contribution in [3.63, 3.8) is 0 Å². The lowest BCUT2D eigenvalue weighted by Gasteiger charge is -2.27. The molecule has 0 aromatic heterocycles. The maximum atomic E-state index is 12.5. The summed E-state index contributed by atoms with van der Waals surface area (Å²) in [5.41, 5.74) is 3.23. The summed E-state index contributed by atoms with van der Waals surface area (Å²) in [6.07, 6.45) is 1.57. The van der Waals surface area contributed by atoms with Gasteiger partial charge >= 0.3 is 0 Å². The van der Waals surface area contributed by atoms with Gasteiger partial charge < -0.3 is 5.32 Å². The zero-order valence-corrected chi connectivity index (χ0v) is 11.0. The van der Waals surface area contributed by atoms with E-state index in [0.29, 0.717) is 0 Å². The predicted molar refractivity (Wildman–Crippen MR) is 76.0 cm³/mol. The molecule has 3 rings (SSSR count). The zero-order chi connectivity index (χ0) is 13.3. The van der Waals surface area contributed by atoms with Crippen LogP contribution in [0.1, 0.15) is 16.7 Å². The predicted octanol–water partition coefficient (Wildman–Crippen LogP) is 2.47. The first-order valence-corrected chi connectivity index (χ1v) is 6.61. The van der Waals surface area contributed by atoms with Gasteiger partial charge in [0.25, 0.3) is 0 Å². The van der Waals surface area contributed by atoms with Gasteiger partial charge in [0, 0.05) is 7.05 Å². The van der Waals surface area contributed by atoms with Crippen molar-refractivity contribution in [1.29, 1.82) is 0 Å². The summed E-state index contributed by atoms with van der Waals surface area (Å²) in [6, 6.07) is 18.5. The molecule has 0 spiro atoms. The number of benzene rings is 2. The average molecular weight is 251 g/mol. The molecule has 96 valence electrons. The van der Waals surface area contributed by atoms with Crippen LogP contribution in [0.4, 0.5) is 0 Å². The van der Waals surface area contributed by atoms with Crippen LogP contribution in [-0.2, 0) is 23.1 Å². The maximum absolute atomic E-state index is 12.5. The second kappa shape index (κ2) is 4.54. The number of fused-ring (bicyclic) bond motifs is 1. The van der Waals surface area contributed by atoms with E-state index < -0.39 is 5.41 Å². The topological polar surface area (TPSA) is 29.1 Å². The molecule has 0 saturated carbocycles. The number of rotatable bonds is 2. The molecule has 0 bridgehead atoms. The molecule has 2 nitrogen and oxygen atoms in total. The van der Waals surface area contributed by atoms with Gasteiger partial charge in [0.2, 0.25) is 5.91 Å². The number of hydrogen-bond acceptors (Lipinski definition) is 1. The van der Waals surface area contributed by atoms with Crippen molar-refractivity contribution in [2.75, 3.05) is 7.05 Å². The number of hydrogen-bond donors (Lipinski definition) is 1. The molecule has 1 aliphatic rings. The summed E-state index contributed by atoms with van der Waals surface area (Å²) < 4.78 is 0. The summed E-state index contributed by atoms with van der Waals surface area (Å²) in [7, 11) is 1.72. The molecule has 2 heteroatoms. The highest BCUT2D eigenvalue weighted by molar-refractivity contribution is 5.90. The monoisotopic (exact) mass is 251 g/mol. The van der Waals surface area contributed by atoms with Crippen molar-refractivity contribution in [1.82, 2.24) is 5.32 Å². The van der Waals surface area contributed by atoms with Crippen LogP contribution in [-0.4, -0.2) is 13.0 Å². The second-order valence-corrected chi connectivity index (χ2v) is 5.15. The summed E-state index contributed by atoms with van der Waals surface area (Å²) >= 11 is 0. The van der Waals surface area contributed by atoms with Gasteiger partial charge in [-0.15, -0.1) is 0 Å². The fourth-order valence-electron chi connectivity index (χ4n) is 3.11. The van der Waals surface area contributed by atoms with E-state index in [4.69, 9.17) is 0 Å². The Kier molecular flexibility index (Phi) is 2.86. The Morgan fingerprint density at radius 3 is 2.00 bits per heavy atom. The summed E-state index contributed by atoms with van der Waals surface area (Å²) in [4.78, 5) is 12.5. The van der Waals surface area contributed by atoms with Crippen LogP contribution < -0.4 is 5.32 Å². The molecule has 0 saturated heterocycles. The first-order chi connectivity index (χ1) is 9.26. The van der Waals surface area contributed by atoms with E-state index in [2.05, 4.69) is 29.6 Å². The molecular formula is C17H17NO. The van der Waals surface area contributed by atoms with Crippen LogP contribution >= 0.6 is 0 Å². The fourth-order valence-corrected chi connectivity index (χ4v) is 3.11. The molecule has 1 amide bonds. The Balaban J connectivity index is 2.10. The molecule has 1 aliphatic carbocycles. The molecule has 0 atom stereocenters. The molecule has 0 unspecified atom stereocenters. The molecule has 1 N–H and O–H groups in total. The minimum absolute atomic E-state index is 0.106. The highest BCUT2D eigenvalue weighted by Gasteiger charge is 2.44. The number of amides is 1. The minimum Gasteiger partial charge on any atom is -0.358 e. The van der Waals surface area contributed by atoms with Gasteiger partial charge in [-0.05, 0) is 29.5 Å². The van der Waals surface area contributed by atoms with E-state index in [1.165, 1.54) is 11.1 Å². The van der Waals surface area contributed by atoms with Crippen LogP contribution in [0.15, 0.2) is 54.6 Å². The summed E-state index contributed by atoms with van der Waals surface area (Å²) in [5, 5.41) is 2.84. The Labute approximate surface area is 113 Å². The number of nitrogens with one attached hydrogen (secondary N) is 1. The number of likely N-dealkylation sites (N-methyl/N-ethyl adjacent to an activating group) is 1. The highest BCUT2D eigenvalue weighted by atomic mass is 16.2. The largest absolute Gasteiger partial charge is 0.358 e. The molecular weight excluding hydrogens is 234 g/mol. The Morgan fingerprint density at radius 1 is 0.947 bits per heavy atom. The lowest BCUT2D eigenvalue weighted by Crippen LogP contribution is -2.43. The lowest BCUT2D eigenvalue weighted by molar-refractivity contribution is -0.126. The number of carbonyl (C=O) groups is 1. The van der Waals surface area contributed by atoms with Crippen molar-refractivity contribution in [2.24, 2.45) is 0 Å². The molecule has 2 aromatic carbocycles. The quantitative estimate of drug-likeness (QED) is 0.873. The van der Waals surface area contributed by atoms with Gasteiger partial charge in [-0.3, -0.25) is 4.79 Å². The van der Waals surface area contributed by atoms with Gasteiger partial charge in [-0.25, -0.2) is 0 Å². The van der Waals surface area contributed by atoms with Gasteiger partial charge in [0.1, 0.15) is 0 Å². The molecule has 0 aliphatic heterocycles. The highest BCUT2D eigenvalue weighted by Crippen LogP contribution is 2.39. The Hall–Kier alpha value is -2.09. The Morgan fingerprint density at radius 2 is 1.47 bits per heavy atom. The molecule has 0 heterocycles. The average Bonchev–Trinajstić information content (AvgIpc) is 2.88. The van der Waals surface area contributed by atoms with Gasteiger partial charge in [-0.1, -0.05) is 54.6 Å². The van der Waals surface area contributed by atoms with Crippen LogP contribution in [0.5, 0.6) is 0 Å². The second-order valence-electron chi connectivity index (χ2n) is 5.15. The zero-order valence-electron chi connectivity index (χ0n) is 11.0. The molecule has 2 aromatic rings. The van der Waals surface area contributed by atoms with E-state index >= 15 is 0 Å². The van der Waals surface area contributed by atoms with E-state index in [9.17, 15) is 4.79 Å². The van der Waals surface area contributed by atoms with Crippen LogP contribution in [0.25, 0.3) is 0 Å². The van der Waals surface area contributed by atoms with Crippen LogP contribution in [0, 0.1) is 0 Å². The first-order valence-electron chi connectivity index (χ1n) is 6.61. The molecule has 0 radical (unpaired) electrons. The van der Waals surface area contributed by atoms with Gasteiger partial charge in [0.05, 0.1) is 5.41 Å². The third kappa shape index (κ3) is 1.84. The van der Waals surface area contributed by atoms with Crippen LogP contribution in [0.3, 0.4) is 0 Å². The van der Waals surface area contributed by atoms with E-state index in [0.717, 1.165) is 18.4 Å². The SMILES string of the molecule is CNC(=O)C1(c2ccccc2)Cc2ccccc2C1. The lowest BCUT2D eigenvalue weighted by atomic mass is 9.77. The van der Waals surface area contributed by atoms with Crippen molar-refractivity contribution in [3.05, 3.63) is 71.3 Å². The van der Waals surface area contributed by atoms with Crippen molar-refractivity contribution < 1.29 is 4.79 Å². The van der Waals surface area contributed by atoms with Crippen molar-refractivity contribution in [2.45, 2.75) is 18.3 Å².